The Kier molecular flexibility index (Phi) is 6.21. The van der Waals surface area contributed by atoms with Crippen LogP contribution >= 0.6 is 0 Å². The lowest BCUT2D eigenvalue weighted by atomic mass is 10.2. The molecule has 0 aromatic heterocycles. The number of nitrogens with zero attached hydrogens (tertiary/aromatic N) is 1. The number of rotatable bonds is 7. The number of nitrogens with one attached hydrogen (secondary N) is 2. The van der Waals surface area contributed by atoms with Gasteiger partial charge < -0.3 is 15.5 Å². The van der Waals surface area contributed by atoms with Crippen LogP contribution in [0.3, 0.4) is 0 Å². The highest BCUT2D eigenvalue weighted by Gasteiger charge is 2.13. The molecular formula is C17H27N3O. The van der Waals surface area contributed by atoms with Crippen molar-refractivity contribution in [1.82, 2.24) is 10.2 Å². The van der Waals surface area contributed by atoms with Crippen LogP contribution in [-0.2, 0) is 4.79 Å². The minimum absolute atomic E-state index is 0.0278. The normalized spacial score (nSPS) is 16.9. The van der Waals surface area contributed by atoms with Crippen LogP contribution in [0.2, 0.25) is 0 Å². The molecule has 1 aliphatic rings. The SMILES string of the molecule is Cc1ccc(NC(=O)C(C)NCCCN2CCCC2)cc1. The number of benzene rings is 1. The van der Waals surface area contributed by atoms with Crippen LogP contribution in [0.15, 0.2) is 24.3 Å². The van der Waals surface area contributed by atoms with Gasteiger partial charge in [-0.3, -0.25) is 4.79 Å². The third-order valence-corrected chi connectivity index (χ3v) is 4.01. The number of likely N-dealkylation sites (tertiary alicyclic amines) is 1. The van der Waals surface area contributed by atoms with Gasteiger partial charge in [-0.25, -0.2) is 0 Å². The highest BCUT2D eigenvalue weighted by molar-refractivity contribution is 5.94. The minimum Gasteiger partial charge on any atom is -0.325 e. The van der Waals surface area contributed by atoms with Crippen LogP contribution < -0.4 is 10.6 Å². The molecule has 1 fully saturated rings. The molecule has 0 aliphatic carbocycles. The Morgan fingerprint density at radius 2 is 1.90 bits per heavy atom. The van der Waals surface area contributed by atoms with Crippen molar-refractivity contribution in [3.8, 4) is 0 Å². The molecule has 4 nitrogen and oxygen atoms in total. The molecule has 0 saturated carbocycles. The highest BCUT2D eigenvalue weighted by Crippen LogP contribution is 2.09. The van der Waals surface area contributed by atoms with Crippen molar-refractivity contribution in [3.63, 3.8) is 0 Å². The molecule has 1 atom stereocenters. The molecule has 1 aliphatic heterocycles. The second-order valence-corrected chi connectivity index (χ2v) is 5.93. The minimum atomic E-state index is -0.162. The summed E-state index contributed by atoms with van der Waals surface area (Å²) in [5.74, 6) is 0.0278. The van der Waals surface area contributed by atoms with Crippen LogP contribution in [0.1, 0.15) is 31.7 Å². The fraction of sp³-hybridized carbons (Fsp3) is 0.588. The fourth-order valence-corrected chi connectivity index (χ4v) is 2.61. The molecule has 116 valence electrons. The van der Waals surface area contributed by atoms with Crippen LogP contribution in [0.4, 0.5) is 5.69 Å². The molecule has 1 amide bonds. The first-order valence-corrected chi connectivity index (χ1v) is 7.98. The molecule has 1 unspecified atom stereocenters. The molecule has 1 heterocycles. The fourth-order valence-electron chi connectivity index (χ4n) is 2.61. The van der Waals surface area contributed by atoms with Crippen LogP contribution in [0.5, 0.6) is 0 Å². The lowest BCUT2D eigenvalue weighted by Gasteiger charge is -2.17. The zero-order valence-corrected chi connectivity index (χ0v) is 13.2. The Labute approximate surface area is 127 Å². The monoisotopic (exact) mass is 289 g/mol. The summed E-state index contributed by atoms with van der Waals surface area (Å²) in [5, 5.41) is 6.24. The molecule has 2 N–H and O–H groups in total. The molecular weight excluding hydrogens is 262 g/mol. The Bertz CT molecular complexity index is 438. The first-order chi connectivity index (χ1) is 10.1. The quantitative estimate of drug-likeness (QED) is 0.758. The topological polar surface area (TPSA) is 44.4 Å². The van der Waals surface area contributed by atoms with Crippen molar-refractivity contribution in [2.24, 2.45) is 0 Å². The zero-order valence-electron chi connectivity index (χ0n) is 13.2. The van der Waals surface area contributed by atoms with Gasteiger partial charge in [-0.05, 0) is 71.4 Å². The maximum absolute atomic E-state index is 12.1. The standard InChI is InChI=1S/C17H27N3O/c1-14-6-8-16(9-7-14)19-17(21)15(2)18-10-5-13-20-11-3-4-12-20/h6-9,15,18H,3-5,10-13H2,1-2H3,(H,19,21). The van der Waals surface area contributed by atoms with Gasteiger partial charge in [0.25, 0.3) is 0 Å². The summed E-state index contributed by atoms with van der Waals surface area (Å²) in [6, 6.07) is 7.72. The van der Waals surface area contributed by atoms with Crippen molar-refractivity contribution < 1.29 is 4.79 Å². The third-order valence-electron chi connectivity index (χ3n) is 4.01. The van der Waals surface area contributed by atoms with E-state index in [0.717, 1.165) is 25.2 Å². The average Bonchev–Trinajstić information content (AvgIpc) is 2.99. The summed E-state index contributed by atoms with van der Waals surface area (Å²) in [6.07, 6.45) is 3.77. The van der Waals surface area contributed by atoms with E-state index >= 15 is 0 Å². The largest absolute Gasteiger partial charge is 0.325 e. The Balaban J connectivity index is 1.63. The summed E-state index contributed by atoms with van der Waals surface area (Å²) in [4.78, 5) is 14.6. The van der Waals surface area contributed by atoms with Gasteiger partial charge in [0, 0.05) is 5.69 Å². The van der Waals surface area contributed by atoms with Crippen molar-refractivity contribution in [1.29, 1.82) is 0 Å². The van der Waals surface area contributed by atoms with E-state index in [9.17, 15) is 4.79 Å². The number of carbonyl (C=O) groups is 1. The van der Waals surface area contributed by atoms with E-state index in [1.807, 2.05) is 38.1 Å². The lowest BCUT2D eigenvalue weighted by molar-refractivity contribution is -0.117. The summed E-state index contributed by atoms with van der Waals surface area (Å²) < 4.78 is 0. The molecule has 4 heteroatoms. The van der Waals surface area contributed by atoms with Crippen molar-refractivity contribution in [3.05, 3.63) is 29.8 Å². The van der Waals surface area contributed by atoms with E-state index in [1.54, 1.807) is 0 Å². The number of aryl methyl sites for hydroxylation is 1. The van der Waals surface area contributed by atoms with E-state index in [2.05, 4.69) is 15.5 Å². The predicted octanol–water partition coefficient (Wildman–Crippen LogP) is 2.40. The van der Waals surface area contributed by atoms with Crippen LogP contribution in [0, 0.1) is 6.92 Å². The number of carbonyl (C=O) groups excluding carboxylic acids is 1. The number of hydrogen-bond donors (Lipinski definition) is 2. The van der Waals surface area contributed by atoms with E-state index in [-0.39, 0.29) is 11.9 Å². The Hall–Kier alpha value is -1.39. The molecule has 21 heavy (non-hydrogen) atoms. The van der Waals surface area contributed by atoms with E-state index in [1.165, 1.54) is 31.5 Å². The molecule has 0 bridgehead atoms. The van der Waals surface area contributed by atoms with E-state index < -0.39 is 0 Å². The molecule has 1 aromatic rings. The number of hydrogen-bond acceptors (Lipinski definition) is 3. The zero-order chi connectivity index (χ0) is 15.1. The van der Waals surface area contributed by atoms with Crippen molar-refractivity contribution >= 4 is 11.6 Å². The highest BCUT2D eigenvalue weighted by atomic mass is 16.2. The van der Waals surface area contributed by atoms with Gasteiger partial charge in [0.05, 0.1) is 6.04 Å². The van der Waals surface area contributed by atoms with Gasteiger partial charge in [-0.15, -0.1) is 0 Å². The van der Waals surface area contributed by atoms with Gasteiger partial charge in [0.1, 0.15) is 0 Å². The first-order valence-electron chi connectivity index (χ1n) is 7.98. The van der Waals surface area contributed by atoms with Gasteiger partial charge in [-0.2, -0.15) is 0 Å². The Morgan fingerprint density at radius 1 is 1.24 bits per heavy atom. The predicted molar refractivity (Wildman–Crippen MR) is 87.6 cm³/mol. The van der Waals surface area contributed by atoms with E-state index in [0.29, 0.717) is 0 Å². The van der Waals surface area contributed by atoms with E-state index in [4.69, 9.17) is 0 Å². The van der Waals surface area contributed by atoms with Gasteiger partial charge in [-0.1, -0.05) is 17.7 Å². The van der Waals surface area contributed by atoms with Gasteiger partial charge in [0.2, 0.25) is 5.91 Å². The number of amides is 1. The van der Waals surface area contributed by atoms with Crippen LogP contribution in [0.25, 0.3) is 0 Å². The molecule has 0 spiro atoms. The maximum atomic E-state index is 12.1. The summed E-state index contributed by atoms with van der Waals surface area (Å²) in [7, 11) is 0. The second-order valence-electron chi connectivity index (χ2n) is 5.93. The summed E-state index contributed by atoms with van der Waals surface area (Å²) in [6.45, 7) is 8.46. The lowest BCUT2D eigenvalue weighted by Crippen LogP contribution is -2.39. The maximum Gasteiger partial charge on any atom is 0.241 e. The summed E-state index contributed by atoms with van der Waals surface area (Å²) in [5.41, 5.74) is 2.05. The van der Waals surface area contributed by atoms with Gasteiger partial charge >= 0.3 is 0 Å². The molecule has 1 aromatic carbocycles. The molecule has 2 rings (SSSR count). The molecule has 0 radical (unpaired) electrons. The van der Waals surface area contributed by atoms with Crippen molar-refractivity contribution in [2.45, 2.75) is 39.2 Å². The first kappa shape index (κ1) is 16.0. The average molecular weight is 289 g/mol. The summed E-state index contributed by atoms with van der Waals surface area (Å²) >= 11 is 0. The number of anilines is 1. The van der Waals surface area contributed by atoms with Crippen LogP contribution in [-0.4, -0.2) is 43.0 Å². The van der Waals surface area contributed by atoms with Gasteiger partial charge in [0.15, 0.2) is 0 Å². The second kappa shape index (κ2) is 8.15. The Morgan fingerprint density at radius 3 is 2.57 bits per heavy atom. The van der Waals surface area contributed by atoms with Crippen molar-refractivity contribution in [2.75, 3.05) is 31.5 Å². The smallest absolute Gasteiger partial charge is 0.241 e. The third kappa shape index (κ3) is 5.48. The molecule has 1 saturated heterocycles.